The number of nitrogens with zero attached hydrogens (tertiary/aromatic N) is 2. The van der Waals surface area contributed by atoms with Gasteiger partial charge in [-0.1, -0.05) is 36.4 Å². The molecule has 3 rings (SSSR count). The first-order valence-electron chi connectivity index (χ1n) is 8.77. The summed E-state index contributed by atoms with van der Waals surface area (Å²) in [5, 5.41) is 0. The fourth-order valence-corrected chi connectivity index (χ4v) is 3.75. The highest BCUT2D eigenvalue weighted by Gasteiger charge is 2.51. The van der Waals surface area contributed by atoms with Gasteiger partial charge in [0.05, 0.1) is 13.2 Å². The molecule has 1 aliphatic carbocycles. The largest absolute Gasteiger partial charge is 0.327 e. The standard InChI is InChI=1S/C20H24N2O3/c1-20(16-11-7-4-8-12-16)18(24)21(2)14-22(19(20)25)13-17(23)15-9-5-3-6-10-15/h3,5-6,9-11H,4,7-8,12-14H2,1-2H3. The van der Waals surface area contributed by atoms with Gasteiger partial charge in [0.15, 0.2) is 5.78 Å². The van der Waals surface area contributed by atoms with Crippen LogP contribution >= 0.6 is 0 Å². The second-order valence-electron chi connectivity index (χ2n) is 7.04. The molecule has 1 aliphatic heterocycles. The van der Waals surface area contributed by atoms with Gasteiger partial charge in [0.25, 0.3) is 0 Å². The molecule has 2 amide bonds. The van der Waals surface area contributed by atoms with Crippen LogP contribution in [0.1, 0.15) is 43.0 Å². The molecular formula is C20H24N2O3. The summed E-state index contributed by atoms with van der Waals surface area (Å²) in [5.41, 5.74) is 0.301. The van der Waals surface area contributed by atoms with E-state index in [9.17, 15) is 14.4 Å². The normalized spacial score (nSPS) is 24.3. The summed E-state index contributed by atoms with van der Waals surface area (Å²) in [4.78, 5) is 41.5. The van der Waals surface area contributed by atoms with Crippen molar-refractivity contribution < 1.29 is 14.4 Å². The smallest absolute Gasteiger partial charge is 0.243 e. The van der Waals surface area contributed by atoms with E-state index in [0.29, 0.717) is 5.56 Å². The summed E-state index contributed by atoms with van der Waals surface area (Å²) in [7, 11) is 1.69. The van der Waals surface area contributed by atoms with Gasteiger partial charge in [-0.2, -0.15) is 0 Å². The van der Waals surface area contributed by atoms with Crippen LogP contribution in [-0.4, -0.2) is 47.7 Å². The Morgan fingerprint density at radius 2 is 1.84 bits per heavy atom. The molecule has 0 N–H and O–H groups in total. The van der Waals surface area contributed by atoms with Crippen LogP contribution < -0.4 is 0 Å². The van der Waals surface area contributed by atoms with Crippen molar-refractivity contribution in [3.8, 4) is 0 Å². The summed E-state index contributed by atoms with van der Waals surface area (Å²) < 4.78 is 0. The fraction of sp³-hybridized carbons (Fsp3) is 0.450. The monoisotopic (exact) mass is 340 g/mol. The minimum atomic E-state index is -1.18. The van der Waals surface area contributed by atoms with Crippen molar-refractivity contribution in [1.29, 1.82) is 0 Å². The molecule has 0 aromatic heterocycles. The highest BCUT2D eigenvalue weighted by atomic mass is 16.2. The maximum Gasteiger partial charge on any atom is 0.243 e. The lowest BCUT2D eigenvalue weighted by Crippen LogP contribution is -2.62. The van der Waals surface area contributed by atoms with E-state index >= 15 is 0 Å². The van der Waals surface area contributed by atoms with Crippen LogP contribution in [-0.2, 0) is 9.59 Å². The number of Topliss-reactive ketones (excluding diaryl/α,β-unsaturated/α-hetero) is 1. The number of carbonyl (C=O) groups is 3. The van der Waals surface area contributed by atoms with Crippen molar-refractivity contribution in [1.82, 2.24) is 9.80 Å². The third-order valence-electron chi connectivity index (χ3n) is 5.24. The lowest BCUT2D eigenvalue weighted by atomic mass is 9.74. The van der Waals surface area contributed by atoms with Gasteiger partial charge in [-0.25, -0.2) is 0 Å². The van der Waals surface area contributed by atoms with E-state index in [0.717, 1.165) is 31.3 Å². The number of carbonyl (C=O) groups excluding carboxylic acids is 3. The summed E-state index contributed by atoms with van der Waals surface area (Å²) in [6, 6.07) is 8.95. The Balaban J connectivity index is 1.86. The molecule has 1 fully saturated rings. The van der Waals surface area contributed by atoms with Crippen molar-refractivity contribution in [2.45, 2.75) is 32.6 Å². The van der Waals surface area contributed by atoms with E-state index in [2.05, 4.69) is 0 Å². The lowest BCUT2D eigenvalue weighted by molar-refractivity contribution is -0.162. The minimum Gasteiger partial charge on any atom is -0.327 e. The highest BCUT2D eigenvalue weighted by Crippen LogP contribution is 2.39. The average molecular weight is 340 g/mol. The number of amides is 2. The number of ketones is 1. The Labute approximate surface area is 148 Å². The number of hydrogen-bond donors (Lipinski definition) is 0. The van der Waals surface area contributed by atoms with Gasteiger partial charge >= 0.3 is 0 Å². The number of benzene rings is 1. The Morgan fingerprint density at radius 3 is 2.48 bits per heavy atom. The lowest BCUT2D eigenvalue weighted by Gasteiger charge is -2.44. The van der Waals surface area contributed by atoms with Crippen molar-refractivity contribution >= 4 is 17.6 Å². The molecule has 25 heavy (non-hydrogen) atoms. The van der Waals surface area contributed by atoms with E-state index in [4.69, 9.17) is 0 Å². The third-order valence-corrected chi connectivity index (χ3v) is 5.24. The SMILES string of the molecule is CN1CN(CC(=O)c2ccccc2)C(=O)C(C)(C2=CCCCC2)C1=O. The topological polar surface area (TPSA) is 57.7 Å². The zero-order chi connectivity index (χ0) is 18.0. The molecule has 1 heterocycles. The third kappa shape index (κ3) is 3.11. The van der Waals surface area contributed by atoms with Crippen LogP contribution in [0.5, 0.6) is 0 Å². The predicted molar refractivity (Wildman–Crippen MR) is 94.8 cm³/mol. The molecular weight excluding hydrogens is 316 g/mol. The molecule has 1 atom stereocenters. The molecule has 5 heteroatoms. The molecule has 132 valence electrons. The highest BCUT2D eigenvalue weighted by molar-refractivity contribution is 6.11. The maximum absolute atomic E-state index is 13.2. The number of rotatable bonds is 4. The second-order valence-corrected chi connectivity index (χ2v) is 7.04. The number of hydrogen-bond acceptors (Lipinski definition) is 3. The van der Waals surface area contributed by atoms with Crippen LogP contribution in [0.4, 0.5) is 0 Å². The van der Waals surface area contributed by atoms with E-state index in [-0.39, 0.29) is 30.8 Å². The van der Waals surface area contributed by atoms with Crippen LogP contribution in [0.25, 0.3) is 0 Å². The second kappa shape index (κ2) is 6.82. The summed E-state index contributed by atoms with van der Waals surface area (Å²) in [5.74, 6) is -0.543. The first kappa shape index (κ1) is 17.4. The Kier molecular flexibility index (Phi) is 4.75. The van der Waals surface area contributed by atoms with Crippen molar-refractivity contribution in [2.75, 3.05) is 20.3 Å². The van der Waals surface area contributed by atoms with Gasteiger partial charge in [-0.3, -0.25) is 14.4 Å². The molecule has 1 aromatic rings. The molecule has 0 spiro atoms. The van der Waals surface area contributed by atoms with Crippen molar-refractivity contribution in [3.63, 3.8) is 0 Å². The van der Waals surface area contributed by atoms with Crippen LogP contribution in [0, 0.1) is 5.41 Å². The summed E-state index contributed by atoms with van der Waals surface area (Å²) >= 11 is 0. The maximum atomic E-state index is 13.2. The summed E-state index contributed by atoms with van der Waals surface area (Å²) in [6.45, 7) is 1.85. The Hall–Kier alpha value is -2.43. The van der Waals surface area contributed by atoms with E-state index in [1.54, 1.807) is 43.1 Å². The fourth-order valence-electron chi connectivity index (χ4n) is 3.75. The minimum absolute atomic E-state index is 0.0106. The first-order chi connectivity index (χ1) is 11.9. The Morgan fingerprint density at radius 1 is 1.12 bits per heavy atom. The van der Waals surface area contributed by atoms with E-state index in [1.165, 1.54) is 4.90 Å². The van der Waals surface area contributed by atoms with Gasteiger partial charge in [0.2, 0.25) is 11.8 Å². The van der Waals surface area contributed by atoms with Gasteiger partial charge < -0.3 is 9.80 Å². The molecule has 2 aliphatic rings. The Bertz CT molecular complexity index is 726. The van der Waals surface area contributed by atoms with Crippen LogP contribution in [0.3, 0.4) is 0 Å². The van der Waals surface area contributed by atoms with Gasteiger partial charge in [-0.05, 0) is 38.2 Å². The van der Waals surface area contributed by atoms with Crippen LogP contribution in [0.2, 0.25) is 0 Å². The number of allylic oxidation sites excluding steroid dienone is 1. The predicted octanol–water partition coefficient (Wildman–Crippen LogP) is 2.63. The molecule has 5 nitrogen and oxygen atoms in total. The van der Waals surface area contributed by atoms with Crippen molar-refractivity contribution in [2.24, 2.45) is 5.41 Å². The van der Waals surface area contributed by atoms with Crippen LogP contribution in [0.15, 0.2) is 42.0 Å². The molecule has 1 unspecified atom stereocenters. The summed E-state index contributed by atoms with van der Waals surface area (Å²) in [6.07, 6.45) is 5.79. The molecule has 0 bridgehead atoms. The van der Waals surface area contributed by atoms with E-state index < -0.39 is 5.41 Å². The molecule has 1 aromatic carbocycles. The average Bonchev–Trinajstić information content (AvgIpc) is 2.65. The van der Waals surface area contributed by atoms with Gasteiger partial charge in [0.1, 0.15) is 5.41 Å². The molecule has 0 saturated carbocycles. The van der Waals surface area contributed by atoms with Gasteiger partial charge in [-0.15, -0.1) is 0 Å². The zero-order valence-corrected chi connectivity index (χ0v) is 14.8. The van der Waals surface area contributed by atoms with Gasteiger partial charge in [0, 0.05) is 12.6 Å². The molecule has 0 radical (unpaired) electrons. The van der Waals surface area contributed by atoms with Crippen molar-refractivity contribution in [3.05, 3.63) is 47.5 Å². The first-order valence-corrected chi connectivity index (χ1v) is 8.77. The molecule has 1 saturated heterocycles. The quantitative estimate of drug-likeness (QED) is 0.481. The zero-order valence-electron chi connectivity index (χ0n) is 14.8. The van der Waals surface area contributed by atoms with E-state index in [1.807, 2.05) is 12.1 Å².